The number of aliphatic hydroxyl groups excluding tert-OH is 1. The number of ether oxygens (including phenoxy) is 1. The molecule has 1 atom stereocenters. The van der Waals surface area contributed by atoms with Gasteiger partial charge in [0.15, 0.2) is 0 Å². The lowest BCUT2D eigenvalue weighted by Crippen LogP contribution is -2.09. The molecule has 0 amide bonds. The Morgan fingerprint density at radius 2 is 1.79 bits per heavy atom. The van der Waals surface area contributed by atoms with E-state index in [2.05, 4.69) is 6.92 Å². The highest BCUT2D eigenvalue weighted by atomic mass is 19.1. The van der Waals surface area contributed by atoms with E-state index >= 15 is 0 Å². The Balaban J connectivity index is 2.08. The molecule has 1 aromatic rings. The number of unbranched alkanes of at least 4 members (excludes halogenated alkanes) is 5. The standard InChI is InChI=1S/C16H25FO2/c1-2-3-4-5-6-9-12-19-13-16(18)14-10-7-8-11-15(14)17/h7-8,10-11,16,18H,2-6,9,12-13H2,1H3. The molecule has 0 bridgehead atoms. The smallest absolute Gasteiger partial charge is 0.129 e. The molecule has 0 spiro atoms. The summed E-state index contributed by atoms with van der Waals surface area (Å²) in [5.41, 5.74) is 0.311. The molecule has 108 valence electrons. The predicted octanol–water partition coefficient (Wildman–Crippen LogP) is 4.24. The summed E-state index contributed by atoms with van der Waals surface area (Å²) in [7, 11) is 0. The molecule has 1 unspecified atom stereocenters. The molecule has 0 heterocycles. The van der Waals surface area contributed by atoms with E-state index in [1.54, 1.807) is 18.2 Å². The van der Waals surface area contributed by atoms with Crippen molar-refractivity contribution in [3.63, 3.8) is 0 Å². The summed E-state index contributed by atoms with van der Waals surface area (Å²) in [6, 6.07) is 6.28. The van der Waals surface area contributed by atoms with Crippen LogP contribution in [0.2, 0.25) is 0 Å². The first-order chi connectivity index (χ1) is 9.25. The van der Waals surface area contributed by atoms with Crippen LogP contribution in [0.3, 0.4) is 0 Å². The molecule has 2 nitrogen and oxygen atoms in total. The molecule has 1 N–H and O–H groups in total. The van der Waals surface area contributed by atoms with Gasteiger partial charge in [-0.05, 0) is 12.5 Å². The minimum absolute atomic E-state index is 0.163. The Morgan fingerprint density at radius 3 is 2.53 bits per heavy atom. The van der Waals surface area contributed by atoms with Crippen LogP contribution in [0.4, 0.5) is 4.39 Å². The summed E-state index contributed by atoms with van der Waals surface area (Å²) in [5, 5.41) is 9.81. The van der Waals surface area contributed by atoms with Crippen molar-refractivity contribution >= 4 is 0 Å². The molecular weight excluding hydrogens is 243 g/mol. The molecule has 0 aliphatic carbocycles. The van der Waals surface area contributed by atoms with Gasteiger partial charge in [0.1, 0.15) is 11.9 Å². The average molecular weight is 268 g/mol. The van der Waals surface area contributed by atoms with Crippen molar-refractivity contribution in [1.29, 1.82) is 0 Å². The molecule has 0 aliphatic rings. The highest BCUT2D eigenvalue weighted by Gasteiger charge is 2.11. The normalized spacial score (nSPS) is 12.6. The van der Waals surface area contributed by atoms with E-state index in [9.17, 15) is 9.50 Å². The van der Waals surface area contributed by atoms with Gasteiger partial charge in [0.05, 0.1) is 6.61 Å². The summed E-state index contributed by atoms with van der Waals surface area (Å²) in [6.45, 7) is 3.00. The zero-order valence-corrected chi connectivity index (χ0v) is 11.8. The predicted molar refractivity (Wildman–Crippen MR) is 75.6 cm³/mol. The van der Waals surface area contributed by atoms with Crippen molar-refractivity contribution in [3.05, 3.63) is 35.6 Å². The van der Waals surface area contributed by atoms with Crippen molar-refractivity contribution in [1.82, 2.24) is 0 Å². The van der Waals surface area contributed by atoms with Gasteiger partial charge in [0.25, 0.3) is 0 Å². The van der Waals surface area contributed by atoms with Crippen LogP contribution in [0.5, 0.6) is 0 Å². The van der Waals surface area contributed by atoms with Crippen molar-refractivity contribution < 1.29 is 14.2 Å². The largest absolute Gasteiger partial charge is 0.386 e. The van der Waals surface area contributed by atoms with Gasteiger partial charge in [-0.2, -0.15) is 0 Å². The van der Waals surface area contributed by atoms with E-state index in [4.69, 9.17) is 4.74 Å². The van der Waals surface area contributed by atoms with Crippen molar-refractivity contribution in [3.8, 4) is 0 Å². The van der Waals surface area contributed by atoms with Gasteiger partial charge in [-0.25, -0.2) is 4.39 Å². The van der Waals surface area contributed by atoms with E-state index < -0.39 is 6.10 Å². The maximum absolute atomic E-state index is 13.4. The fourth-order valence-corrected chi connectivity index (χ4v) is 2.01. The van der Waals surface area contributed by atoms with Crippen LogP contribution in [-0.4, -0.2) is 18.3 Å². The highest BCUT2D eigenvalue weighted by Crippen LogP contribution is 2.16. The van der Waals surface area contributed by atoms with Gasteiger partial charge < -0.3 is 9.84 Å². The van der Waals surface area contributed by atoms with Gasteiger partial charge in [-0.1, -0.05) is 57.2 Å². The molecule has 1 aromatic carbocycles. The molecular formula is C16H25FO2. The Labute approximate surface area is 115 Å². The lowest BCUT2D eigenvalue weighted by atomic mass is 10.1. The van der Waals surface area contributed by atoms with Gasteiger partial charge in [-0.15, -0.1) is 0 Å². The Bertz CT molecular complexity index is 341. The second kappa shape index (κ2) is 9.93. The average Bonchev–Trinajstić information content (AvgIpc) is 2.42. The molecule has 0 saturated carbocycles. The first-order valence-corrected chi connectivity index (χ1v) is 7.26. The third-order valence-corrected chi connectivity index (χ3v) is 3.18. The fraction of sp³-hybridized carbons (Fsp3) is 0.625. The summed E-state index contributed by atoms with van der Waals surface area (Å²) < 4.78 is 18.8. The topological polar surface area (TPSA) is 29.5 Å². The fourth-order valence-electron chi connectivity index (χ4n) is 2.01. The molecule has 0 saturated heterocycles. The third-order valence-electron chi connectivity index (χ3n) is 3.18. The summed E-state index contributed by atoms with van der Waals surface area (Å²) in [6.07, 6.45) is 6.38. The first-order valence-electron chi connectivity index (χ1n) is 7.26. The molecule has 0 fully saturated rings. The van der Waals surface area contributed by atoms with E-state index in [0.717, 1.165) is 12.8 Å². The minimum atomic E-state index is -0.874. The van der Waals surface area contributed by atoms with Crippen LogP contribution >= 0.6 is 0 Å². The summed E-state index contributed by atoms with van der Waals surface area (Å²) in [4.78, 5) is 0. The van der Waals surface area contributed by atoms with Gasteiger partial charge in [-0.3, -0.25) is 0 Å². The number of aliphatic hydroxyl groups is 1. The zero-order valence-electron chi connectivity index (χ0n) is 11.8. The number of halogens is 1. The molecule has 3 heteroatoms. The van der Waals surface area contributed by atoms with E-state index in [-0.39, 0.29) is 12.4 Å². The molecule has 19 heavy (non-hydrogen) atoms. The summed E-state index contributed by atoms with van der Waals surface area (Å²) in [5.74, 6) is -0.377. The van der Waals surface area contributed by atoms with E-state index in [1.165, 1.54) is 31.7 Å². The zero-order chi connectivity index (χ0) is 13.9. The Hall–Kier alpha value is -0.930. The van der Waals surface area contributed by atoms with Crippen LogP contribution < -0.4 is 0 Å². The minimum Gasteiger partial charge on any atom is -0.386 e. The van der Waals surface area contributed by atoms with Crippen molar-refractivity contribution in [2.75, 3.05) is 13.2 Å². The van der Waals surface area contributed by atoms with Crippen molar-refractivity contribution in [2.24, 2.45) is 0 Å². The third kappa shape index (κ3) is 6.69. The van der Waals surface area contributed by atoms with Crippen molar-refractivity contribution in [2.45, 2.75) is 51.6 Å². The maximum Gasteiger partial charge on any atom is 0.129 e. The molecule has 1 rings (SSSR count). The number of rotatable bonds is 10. The van der Waals surface area contributed by atoms with Crippen LogP contribution in [0.15, 0.2) is 24.3 Å². The Kier molecular flexibility index (Phi) is 8.43. The van der Waals surface area contributed by atoms with Crippen LogP contribution in [0.25, 0.3) is 0 Å². The van der Waals surface area contributed by atoms with E-state index in [0.29, 0.717) is 12.2 Å². The van der Waals surface area contributed by atoms with Gasteiger partial charge in [0, 0.05) is 12.2 Å². The monoisotopic (exact) mass is 268 g/mol. The number of benzene rings is 1. The molecule has 0 aliphatic heterocycles. The molecule has 0 aromatic heterocycles. The second-order valence-corrected chi connectivity index (χ2v) is 4.88. The lowest BCUT2D eigenvalue weighted by molar-refractivity contribution is 0.0327. The van der Waals surface area contributed by atoms with Crippen LogP contribution in [0, 0.1) is 5.82 Å². The second-order valence-electron chi connectivity index (χ2n) is 4.88. The quantitative estimate of drug-likeness (QED) is 0.643. The molecule has 0 radical (unpaired) electrons. The van der Waals surface area contributed by atoms with Gasteiger partial charge in [0.2, 0.25) is 0 Å². The van der Waals surface area contributed by atoms with Crippen LogP contribution in [-0.2, 0) is 4.74 Å². The van der Waals surface area contributed by atoms with Crippen LogP contribution in [0.1, 0.15) is 57.1 Å². The number of hydrogen-bond donors (Lipinski definition) is 1. The lowest BCUT2D eigenvalue weighted by Gasteiger charge is -2.12. The SMILES string of the molecule is CCCCCCCCOCC(O)c1ccccc1F. The first kappa shape index (κ1) is 16.1. The van der Waals surface area contributed by atoms with Gasteiger partial charge >= 0.3 is 0 Å². The highest BCUT2D eigenvalue weighted by molar-refractivity contribution is 5.19. The van der Waals surface area contributed by atoms with E-state index in [1.807, 2.05) is 0 Å². The Morgan fingerprint density at radius 1 is 1.11 bits per heavy atom. The number of hydrogen-bond acceptors (Lipinski definition) is 2. The maximum atomic E-state index is 13.4. The summed E-state index contributed by atoms with van der Waals surface area (Å²) >= 11 is 0.